The summed E-state index contributed by atoms with van der Waals surface area (Å²) in [5, 5.41) is 0. The van der Waals surface area contributed by atoms with Crippen LogP contribution in [0.5, 0.6) is 0 Å². The Hall–Kier alpha value is -0.0800. The highest BCUT2D eigenvalue weighted by Crippen LogP contribution is 2.30. The molecule has 0 aliphatic heterocycles. The molecule has 0 aromatic rings. The van der Waals surface area contributed by atoms with Crippen molar-refractivity contribution in [2.24, 2.45) is 11.7 Å². The monoisotopic (exact) mass is 224 g/mol. The molecular formula is C14H28N2. The highest BCUT2D eigenvalue weighted by atomic mass is 15.2. The molecule has 0 radical (unpaired) electrons. The predicted octanol–water partition coefficient (Wildman–Crippen LogP) is 2.77. The van der Waals surface area contributed by atoms with Gasteiger partial charge in [0.15, 0.2) is 0 Å². The van der Waals surface area contributed by atoms with Crippen LogP contribution in [0, 0.1) is 5.92 Å². The number of rotatable bonds is 2. The molecule has 2 nitrogen and oxygen atoms in total. The molecule has 0 aromatic heterocycles. The van der Waals surface area contributed by atoms with Gasteiger partial charge in [0, 0.05) is 18.1 Å². The van der Waals surface area contributed by atoms with Crippen molar-refractivity contribution in [3.8, 4) is 0 Å². The number of hydrogen-bond donors (Lipinski definition) is 1. The van der Waals surface area contributed by atoms with Crippen LogP contribution in [0.1, 0.15) is 58.3 Å². The van der Waals surface area contributed by atoms with Crippen molar-refractivity contribution >= 4 is 0 Å². The summed E-state index contributed by atoms with van der Waals surface area (Å²) in [6, 6.07) is 2.06. The Balaban J connectivity index is 1.87. The zero-order valence-corrected chi connectivity index (χ0v) is 11.0. The summed E-state index contributed by atoms with van der Waals surface area (Å²) in [4.78, 5) is 2.66. The molecule has 2 saturated carbocycles. The minimum atomic E-state index is 0.460. The summed E-state index contributed by atoms with van der Waals surface area (Å²) in [5.74, 6) is 0.929. The first-order chi connectivity index (χ1) is 7.66. The summed E-state index contributed by atoms with van der Waals surface area (Å²) < 4.78 is 0. The van der Waals surface area contributed by atoms with Crippen LogP contribution >= 0.6 is 0 Å². The predicted molar refractivity (Wildman–Crippen MR) is 69.4 cm³/mol. The molecule has 16 heavy (non-hydrogen) atoms. The van der Waals surface area contributed by atoms with E-state index in [9.17, 15) is 0 Å². The fourth-order valence-electron chi connectivity index (χ4n) is 3.64. The topological polar surface area (TPSA) is 29.3 Å². The van der Waals surface area contributed by atoms with E-state index in [2.05, 4.69) is 18.9 Å². The Labute approximate surface area is 101 Å². The summed E-state index contributed by atoms with van der Waals surface area (Å²) in [7, 11) is 2.34. The molecule has 4 atom stereocenters. The fraction of sp³-hybridized carbons (Fsp3) is 1.00. The van der Waals surface area contributed by atoms with Crippen LogP contribution in [0.15, 0.2) is 0 Å². The van der Waals surface area contributed by atoms with Crippen molar-refractivity contribution in [3.05, 3.63) is 0 Å². The molecule has 4 unspecified atom stereocenters. The first-order valence-corrected chi connectivity index (χ1v) is 7.14. The van der Waals surface area contributed by atoms with Gasteiger partial charge in [-0.15, -0.1) is 0 Å². The number of hydrogen-bond acceptors (Lipinski definition) is 2. The lowest BCUT2D eigenvalue weighted by atomic mass is 9.83. The maximum absolute atomic E-state index is 6.09. The molecule has 0 heterocycles. The second-order valence-electron chi connectivity index (χ2n) is 6.17. The average Bonchev–Trinajstić information content (AvgIpc) is 2.28. The molecule has 0 saturated heterocycles. The average molecular weight is 224 g/mol. The van der Waals surface area contributed by atoms with E-state index in [0.29, 0.717) is 6.04 Å². The van der Waals surface area contributed by atoms with Gasteiger partial charge in [0.05, 0.1) is 0 Å². The molecule has 0 aromatic carbocycles. The molecule has 2 fully saturated rings. The molecule has 0 amide bonds. The molecule has 2 aliphatic rings. The van der Waals surface area contributed by atoms with Crippen molar-refractivity contribution in [3.63, 3.8) is 0 Å². The zero-order chi connectivity index (χ0) is 11.5. The van der Waals surface area contributed by atoms with E-state index < -0.39 is 0 Å². The van der Waals surface area contributed by atoms with Crippen molar-refractivity contribution in [1.29, 1.82) is 0 Å². The second kappa shape index (κ2) is 5.50. The van der Waals surface area contributed by atoms with Crippen molar-refractivity contribution in [2.75, 3.05) is 7.05 Å². The van der Waals surface area contributed by atoms with Gasteiger partial charge in [-0.25, -0.2) is 0 Å². The molecule has 2 rings (SSSR count). The van der Waals surface area contributed by atoms with Gasteiger partial charge < -0.3 is 10.6 Å². The first kappa shape index (κ1) is 12.4. The summed E-state index contributed by atoms with van der Waals surface area (Å²) in [5.41, 5.74) is 6.09. The van der Waals surface area contributed by atoms with Crippen molar-refractivity contribution in [1.82, 2.24) is 4.90 Å². The van der Waals surface area contributed by atoms with Crippen molar-refractivity contribution in [2.45, 2.75) is 76.4 Å². The van der Waals surface area contributed by atoms with Crippen LogP contribution in [-0.2, 0) is 0 Å². The third kappa shape index (κ3) is 2.98. The lowest BCUT2D eigenvalue weighted by molar-refractivity contribution is 0.0911. The number of nitrogens with zero attached hydrogens (tertiary/aromatic N) is 1. The minimum absolute atomic E-state index is 0.460. The SMILES string of the molecule is CC1CCCC(N(C)C2CCCC(N)C2)C1. The van der Waals surface area contributed by atoms with E-state index in [4.69, 9.17) is 5.73 Å². The largest absolute Gasteiger partial charge is 0.328 e. The first-order valence-electron chi connectivity index (χ1n) is 7.14. The van der Waals surface area contributed by atoms with Gasteiger partial charge in [0.2, 0.25) is 0 Å². The Bertz CT molecular complexity index is 195. The van der Waals surface area contributed by atoms with Crippen LogP contribution in [0.4, 0.5) is 0 Å². The molecule has 0 bridgehead atoms. The Morgan fingerprint density at radius 3 is 2.19 bits per heavy atom. The number of nitrogens with two attached hydrogens (primary N) is 1. The van der Waals surface area contributed by atoms with Crippen LogP contribution in [0.3, 0.4) is 0 Å². The lowest BCUT2D eigenvalue weighted by Crippen LogP contribution is -2.46. The van der Waals surface area contributed by atoms with E-state index in [1.165, 1.54) is 51.4 Å². The normalized spacial score (nSPS) is 41.2. The van der Waals surface area contributed by atoms with E-state index >= 15 is 0 Å². The van der Waals surface area contributed by atoms with E-state index in [1.54, 1.807) is 0 Å². The molecule has 2 heteroatoms. The Kier molecular flexibility index (Phi) is 4.26. The van der Waals surface area contributed by atoms with E-state index in [1.807, 2.05) is 0 Å². The van der Waals surface area contributed by atoms with Gasteiger partial charge >= 0.3 is 0 Å². The third-order valence-corrected chi connectivity index (χ3v) is 4.75. The smallest absolute Gasteiger partial charge is 0.0110 e. The van der Waals surface area contributed by atoms with Crippen molar-refractivity contribution < 1.29 is 0 Å². The zero-order valence-electron chi connectivity index (χ0n) is 11.0. The van der Waals surface area contributed by atoms with Crippen LogP contribution in [-0.4, -0.2) is 30.1 Å². The highest BCUT2D eigenvalue weighted by Gasteiger charge is 2.29. The minimum Gasteiger partial charge on any atom is -0.328 e. The van der Waals surface area contributed by atoms with Gasteiger partial charge in [0.25, 0.3) is 0 Å². The standard InChI is InChI=1S/C14H28N2/c1-11-5-3-7-13(9-11)16(2)14-8-4-6-12(15)10-14/h11-14H,3-10,15H2,1-2H3. The van der Waals surface area contributed by atoms with Gasteiger partial charge in [-0.2, -0.15) is 0 Å². The summed E-state index contributed by atoms with van der Waals surface area (Å²) in [6.07, 6.45) is 10.8. The molecular weight excluding hydrogens is 196 g/mol. The highest BCUT2D eigenvalue weighted by molar-refractivity contribution is 4.86. The molecule has 2 aliphatic carbocycles. The molecule has 2 N–H and O–H groups in total. The Morgan fingerprint density at radius 1 is 0.938 bits per heavy atom. The summed E-state index contributed by atoms with van der Waals surface area (Å²) >= 11 is 0. The van der Waals surface area contributed by atoms with E-state index in [0.717, 1.165) is 18.0 Å². The third-order valence-electron chi connectivity index (χ3n) is 4.75. The molecule has 94 valence electrons. The van der Waals surface area contributed by atoms with Crippen LogP contribution < -0.4 is 5.73 Å². The second-order valence-corrected chi connectivity index (χ2v) is 6.17. The fourth-order valence-corrected chi connectivity index (χ4v) is 3.64. The lowest BCUT2D eigenvalue weighted by Gasteiger charge is -2.41. The maximum Gasteiger partial charge on any atom is 0.0110 e. The molecule has 0 spiro atoms. The quantitative estimate of drug-likeness (QED) is 0.781. The van der Waals surface area contributed by atoms with Gasteiger partial charge in [-0.05, 0) is 45.1 Å². The summed E-state index contributed by atoms with van der Waals surface area (Å²) in [6.45, 7) is 2.41. The van der Waals surface area contributed by atoms with Gasteiger partial charge in [-0.1, -0.05) is 26.2 Å². The van der Waals surface area contributed by atoms with Crippen LogP contribution in [0.2, 0.25) is 0 Å². The van der Waals surface area contributed by atoms with Crippen LogP contribution in [0.25, 0.3) is 0 Å². The van der Waals surface area contributed by atoms with Gasteiger partial charge in [-0.3, -0.25) is 0 Å². The van der Waals surface area contributed by atoms with E-state index in [-0.39, 0.29) is 0 Å². The Morgan fingerprint density at radius 2 is 1.56 bits per heavy atom. The maximum atomic E-state index is 6.09. The van der Waals surface area contributed by atoms with Gasteiger partial charge in [0.1, 0.15) is 0 Å².